The van der Waals surface area contributed by atoms with Crippen LogP contribution in [0.5, 0.6) is 11.5 Å². The molecular weight excluding hydrogens is 488 g/mol. The van der Waals surface area contributed by atoms with Gasteiger partial charge in [-0.25, -0.2) is 0 Å². The molecule has 1 heterocycles. The van der Waals surface area contributed by atoms with Crippen molar-refractivity contribution < 1.29 is 23.9 Å². The van der Waals surface area contributed by atoms with Crippen LogP contribution in [0.4, 0.5) is 10.5 Å². The van der Waals surface area contributed by atoms with E-state index in [4.69, 9.17) is 9.47 Å². The highest BCUT2D eigenvalue weighted by atomic mass is 32.2. The Morgan fingerprint density at radius 2 is 1.73 bits per heavy atom. The molecule has 0 saturated carbocycles. The van der Waals surface area contributed by atoms with Crippen molar-refractivity contribution in [2.24, 2.45) is 0 Å². The van der Waals surface area contributed by atoms with Crippen LogP contribution in [0.3, 0.4) is 0 Å². The minimum absolute atomic E-state index is 0.240. The maximum atomic E-state index is 12.9. The highest BCUT2D eigenvalue weighted by molar-refractivity contribution is 8.18. The van der Waals surface area contributed by atoms with E-state index in [-0.39, 0.29) is 11.4 Å². The second-order valence-corrected chi connectivity index (χ2v) is 9.59. The topological polar surface area (TPSA) is 84.9 Å². The fraction of sp³-hybridized carbons (Fsp3) is 0.207. The molecule has 0 bridgehead atoms. The van der Waals surface area contributed by atoms with Gasteiger partial charge in [-0.1, -0.05) is 53.6 Å². The second kappa shape index (κ2) is 11.8. The average molecular weight is 517 g/mol. The average Bonchev–Trinajstić information content (AvgIpc) is 3.12. The molecule has 0 aromatic heterocycles. The summed E-state index contributed by atoms with van der Waals surface area (Å²) < 4.78 is 11.7. The maximum absolute atomic E-state index is 12.9. The fourth-order valence-corrected chi connectivity index (χ4v) is 4.57. The van der Waals surface area contributed by atoms with Crippen molar-refractivity contribution in [2.45, 2.75) is 27.4 Å². The predicted molar refractivity (Wildman–Crippen MR) is 146 cm³/mol. The van der Waals surface area contributed by atoms with Crippen molar-refractivity contribution in [1.29, 1.82) is 0 Å². The number of carbonyl (C=O) groups excluding carboxylic acids is 3. The molecule has 190 valence electrons. The lowest BCUT2D eigenvalue weighted by Crippen LogP contribution is -2.36. The van der Waals surface area contributed by atoms with Crippen LogP contribution in [-0.4, -0.2) is 35.1 Å². The van der Waals surface area contributed by atoms with Gasteiger partial charge in [0.25, 0.3) is 11.1 Å². The lowest BCUT2D eigenvalue weighted by Gasteiger charge is -2.13. The molecule has 0 radical (unpaired) electrons. The summed E-state index contributed by atoms with van der Waals surface area (Å²) in [6.07, 6.45) is 1.62. The zero-order valence-electron chi connectivity index (χ0n) is 20.9. The van der Waals surface area contributed by atoms with Gasteiger partial charge in [0.1, 0.15) is 13.2 Å². The Morgan fingerprint density at radius 3 is 2.46 bits per heavy atom. The van der Waals surface area contributed by atoms with Crippen molar-refractivity contribution in [1.82, 2.24) is 4.90 Å². The van der Waals surface area contributed by atoms with E-state index >= 15 is 0 Å². The number of benzene rings is 3. The number of thioether (sulfide) groups is 1. The summed E-state index contributed by atoms with van der Waals surface area (Å²) in [5, 5.41) is 2.22. The Labute approximate surface area is 220 Å². The summed E-state index contributed by atoms with van der Waals surface area (Å²) in [6, 6.07) is 20.7. The Morgan fingerprint density at radius 1 is 0.946 bits per heavy atom. The van der Waals surface area contributed by atoms with Crippen LogP contribution in [0.2, 0.25) is 0 Å². The standard InChI is InChI=1S/C29H28N2O5S/c1-4-35-25-15-21(10-13-24(25)36-18-22-7-5-6-20(3)14-22)16-26-28(33)31(29(34)37-26)17-27(32)30-23-11-8-19(2)9-12-23/h5-16H,4,17-18H2,1-3H3,(H,30,32)/b26-16-. The van der Waals surface area contributed by atoms with E-state index in [0.29, 0.717) is 36.0 Å². The van der Waals surface area contributed by atoms with E-state index in [1.54, 1.807) is 36.4 Å². The van der Waals surface area contributed by atoms with Crippen LogP contribution in [-0.2, 0) is 16.2 Å². The van der Waals surface area contributed by atoms with Gasteiger partial charge < -0.3 is 14.8 Å². The van der Waals surface area contributed by atoms with E-state index in [0.717, 1.165) is 33.4 Å². The maximum Gasteiger partial charge on any atom is 0.294 e. The molecule has 3 aromatic rings. The minimum Gasteiger partial charge on any atom is -0.490 e. The summed E-state index contributed by atoms with van der Waals surface area (Å²) in [7, 11) is 0. The Kier molecular flexibility index (Phi) is 8.30. The van der Waals surface area contributed by atoms with Gasteiger partial charge >= 0.3 is 0 Å². The monoisotopic (exact) mass is 516 g/mol. The van der Waals surface area contributed by atoms with Gasteiger partial charge in [-0.15, -0.1) is 0 Å². The molecule has 1 aliphatic heterocycles. The van der Waals surface area contributed by atoms with Crippen molar-refractivity contribution >= 4 is 40.6 Å². The number of hydrogen-bond donors (Lipinski definition) is 1. The Hall–Kier alpha value is -4.04. The number of amides is 3. The van der Waals surface area contributed by atoms with E-state index in [1.165, 1.54) is 0 Å². The SMILES string of the molecule is CCOc1cc(/C=C2\SC(=O)N(CC(=O)Nc3ccc(C)cc3)C2=O)ccc1OCc1cccc(C)c1. The summed E-state index contributed by atoms with van der Waals surface area (Å²) in [6.45, 7) is 6.33. The Bertz CT molecular complexity index is 1350. The minimum atomic E-state index is -0.508. The number of anilines is 1. The summed E-state index contributed by atoms with van der Waals surface area (Å²) in [5.41, 5.74) is 4.55. The largest absolute Gasteiger partial charge is 0.490 e. The third-order valence-electron chi connectivity index (χ3n) is 5.55. The summed E-state index contributed by atoms with van der Waals surface area (Å²) in [5.74, 6) is 0.176. The molecule has 1 fully saturated rings. The van der Waals surface area contributed by atoms with E-state index in [1.807, 2.05) is 51.1 Å². The van der Waals surface area contributed by atoms with Gasteiger partial charge in [-0.2, -0.15) is 0 Å². The number of aryl methyl sites for hydroxylation is 2. The smallest absolute Gasteiger partial charge is 0.294 e. The van der Waals surface area contributed by atoms with Crippen LogP contribution in [0, 0.1) is 13.8 Å². The van der Waals surface area contributed by atoms with Crippen molar-refractivity contribution in [3.8, 4) is 11.5 Å². The third-order valence-corrected chi connectivity index (χ3v) is 6.46. The van der Waals surface area contributed by atoms with Crippen molar-refractivity contribution in [3.05, 3.63) is 93.9 Å². The quantitative estimate of drug-likeness (QED) is 0.354. The van der Waals surface area contributed by atoms with Gasteiger partial charge in [0.05, 0.1) is 11.5 Å². The Balaban J connectivity index is 1.44. The molecule has 7 nitrogen and oxygen atoms in total. The number of imide groups is 1. The second-order valence-electron chi connectivity index (χ2n) is 8.60. The van der Waals surface area contributed by atoms with Crippen LogP contribution in [0.15, 0.2) is 71.6 Å². The molecule has 1 N–H and O–H groups in total. The lowest BCUT2D eigenvalue weighted by atomic mass is 10.1. The van der Waals surface area contributed by atoms with Crippen molar-refractivity contribution in [3.63, 3.8) is 0 Å². The van der Waals surface area contributed by atoms with E-state index in [9.17, 15) is 14.4 Å². The van der Waals surface area contributed by atoms with Gasteiger partial charge in [0, 0.05) is 5.69 Å². The number of nitrogens with one attached hydrogen (secondary N) is 1. The molecule has 0 aliphatic carbocycles. The first-order valence-corrected chi connectivity index (χ1v) is 12.7. The third kappa shape index (κ3) is 6.80. The molecule has 37 heavy (non-hydrogen) atoms. The normalized spacial score (nSPS) is 14.2. The number of hydrogen-bond acceptors (Lipinski definition) is 6. The summed E-state index contributed by atoms with van der Waals surface area (Å²) >= 11 is 0.806. The van der Waals surface area contributed by atoms with Gasteiger partial charge in [-0.3, -0.25) is 19.3 Å². The molecular formula is C29H28N2O5S. The molecule has 0 spiro atoms. The fourth-order valence-electron chi connectivity index (χ4n) is 3.73. The summed E-state index contributed by atoms with van der Waals surface area (Å²) in [4.78, 5) is 39.0. The zero-order valence-corrected chi connectivity index (χ0v) is 21.8. The molecule has 3 aromatic carbocycles. The van der Waals surface area contributed by atoms with Gasteiger partial charge in [-0.05, 0) is 74.0 Å². The highest BCUT2D eigenvalue weighted by Gasteiger charge is 2.36. The first kappa shape index (κ1) is 26.0. The van der Waals surface area contributed by atoms with E-state index in [2.05, 4.69) is 11.4 Å². The number of ether oxygens (including phenoxy) is 2. The number of nitrogens with zero attached hydrogens (tertiary/aromatic N) is 1. The van der Waals surface area contributed by atoms with Crippen LogP contribution >= 0.6 is 11.8 Å². The predicted octanol–water partition coefficient (Wildman–Crippen LogP) is 5.96. The first-order valence-electron chi connectivity index (χ1n) is 11.9. The van der Waals surface area contributed by atoms with Gasteiger partial charge in [0.2, 0.25) is 5.91 Å². The molecule has 8 heteroatoms. The molecule has 3 amide bonds. The van der Waals surface area contributed by atoms with Crippen molar-refractivity contribution in [2.75, 3.05) is 18.5 Å². The van der Waals surface area contributed by atoms with Gasteiger partial charge in [0.15, 0.2) is 11.5 Å². The number of carbonyl (C=O) groups is 3. The molecule has 4 rings (SSSR count). The molecule has 1 aliphatic rings. The first-order chi connectivity index (χ1) is 17.8. The highest BCUT2D eigenvalue weighted by Crippen LogP contribution is 2.35. The van der Waals surface area contributed by atoms with E-state index < -0.39 is 17.1 Å². The zero-order chi connectivity index (χ0) is 26.4. The number of rotatable bonds is 9. The van der Waals surface area contributed by atoms with Crippen LogP contribution in [0.1, 0.15) is 29.2 Å². The molecule has 0 atom stereocenters. The lowest BCUT2D eigenvalue weighted by molar-refractivity contribution is -0.127. The molecule has 0 unspecified atom stereocenters. The molecule has 1 saturated heterocycles. The van der Waals surface area contributed by atoms with Crippen LogP contribution < -0.4 is 14.8 Å². The van der Waals surface area contributed by atoms with Crippen LogP contribution in [0.25, 0.3) is 6.08 Å².